The largest absolute Gasteiger partial charge is 0.481 e. The second-order valence-corrected chi connectivity index (χ2v) is 7.96. The van der Waals surface area contributed by atoms with Crippen LogP contribution >= 0.6 is 0 Å². The quantitative estimate of drug-likeness (QED) is 0.234. The lowest BCUT2D eigenvalue weighted by Gasteiger charge is -2.21. The molecular weight excluding hydrogens is 424 g/mol. The first kappa shape index (κ1) is 22.2. The van der Waals surface area contributed by atoms with E-state index in [0.717, 1.165) is 22.3 Å². The molecule has 3 aromatic carbocycles. The summed E-state index contributed by atoms with van der Waals surface area (Å²) in [6.07, 6.45) is 0.0547. The molecule has 4 rings (SSSR count). The molecule has 0 radical (unpaired) electrons. The number of aliphatic carboxylic acids is 1. The molecule has 0 heterocycles. The molecule has 3 aromatic rings. The van der Waals surface area contributed by atoms with E-state index >= 15 is 0 Å². The van der Waals surface area contributed by atoms with Crippen LogP contribution in [0.4, 0.5) is 5.69 Å². The Morgan fingerprint density at radius 3 is 2.03 bits per heavy atom. The number of carbonyl (C=O) groups excluding carboxylic acids is 1. The molecule has 0 bridgehead atoms. The van der Waals surface area contributed by atoms with Gasteiger partial charge in [-0.1, -0.05) is 60.7 Å². The Balaban J connectivity index is 1.47. The van der Waals surface area contributed by atoms with Gasteiger partial charge < -0.3 is 15.6 Å². The van der Waals surface area contributed by atoms with Gasteiger partial charge in [0.15, 0.2) is 5.92 Å². The number of carboxylic acid groups (broad SMARTS) is 1. The molecule has 168 valence electrons. The summed E-state index contributed by atoms with van der Waals surface area (Å²) in [5.74, 6) is -4.03. The van der Waals surface area contributed by atoms with E-state index in [1.807, 2.05) is 48.5 Å². The van der Waals surface area contributed by atoms with Crippen LogP contribution in [-0.2, 0) is 20.7 Å². The topological polar surface area (TPSA) is 133 Å². The number of esters is 1. The van der Waals surface area contributed by atoms with Crippen LogP contribution in [0.5, 0.6) is 0 Å². The fraction of sp³-hybridized carbons (Fsp3) is 0.200. The average molecular weight is 446 g/mol. The van der Waals surface area contributed by atoms with E-state index in [9.17, 15) is 24.8 Å². The molecule has 1 aliphatic carbocycles. The minimum Gasteiger partial charge on any atom is -0.481 e. The Hall–Kier alpha value is -4.04. The molecule has 0 saturated carbocycles. The van der Waals surface area contributed by atoms with Gasteiger partial charge in [0.25, 0.3) is 5.69 Å². The number of hydrogen-bond donors (Lipinski definition) is 2. The molecule has 0 fully saturated rings. The van der Waals surface area contributed by atoms with Crippen LogP contribution in [0.25, 0.3) is 11.1 Å². The summed E-state index contributed by atoms with van der Waals surface area (Å²) in [4.78, 5) is 34.9. The normalized spacial score (nSPS) is 14.1. The van der Waals surface area contributed by atoms with Crippen LogP contribution in [0.15, 0.2) is 72.8 Å². The summed E-state index contributed by atoms with van der Waals surface area (Å²) < 4.78 is 5.48. The minimum absolute atomic E-state index is 0.000885. The zero-order valence-electron chi connectivity index (χ0n) is 17.6. The number of nitro benzene ring substituents is 1. The van der Waals surface area contributed by atoms with Crippen LogP contribution in [-0.4, -0.2) is 34.6 Å². The minimum atomic E-state index is -1.56. The third-order valence-corrected chi connectivity index (χ3v) is 5.92. The number of hydrogen-bond acceptors (Lipinski definition) is 6. The number of fused-ring (bicyclic) bond motifs is 3. The van der Waals surface area contributed by atoms with Crippen molar-refractivity contribution in [1.29, 1.82) is 0 Å². The molecule has 3 N–H and O–H groups in total. The van der Waals surface area contributed by atoms with Crippen LogP contribution in [0.2, 0.25) is 0 Å². The third kappa shape index (κ3) is 4.47. The van der Waals surface area contributed by atoms with E-state index in [-0.39, 0.29) is 24.6 Å². The highest BCUT2D eigenvalue weighted by atomic mass is 16.6. The van der Waals surface area contributed by atoms with Crippen molar-refractivity contribution in [3.05, 3.63) is 99.6 Å². The van der Waals surface area contributed by atoms with Gasteiger partial charge in [0.05, 0.1) is 4.92 Å². The maximum Gasteiger partial charge on any atom is 0.321 e. The smallest absolute Gasteiger partial charge is 0.321 e. The summed E-state index contributed by atoms with van der Waals surface area (Å²) >= 11 is 0. The SMILES string of the molecule is N[C@H](Cc1ccc([N+](=O)[O-])cc1)[C@@H](C(=O)O)C(=O)OCC1c2ccccc2-c2ccccc21. The van der Waals surface area contributed by atoms with Crippen LogP contribution in [0, 0.1) is 16.0 Å². The Bertz CT molecular complexity index is 1160. The van der Waals surface area contributed by atoms with E-state index in [1.165, 1.54) is 24.3 Å². The average Bonchev–Trinajstić information content (AvgIpc) is 3.11. The van der Waals surface area contributed by atoms with Gasteiger partial charge in [-0.05, 0) is 34.2 Å². The predicted octanol–water partition coefficient (Wildman–Crippen LogP) is 3.52. The van der Waals surface area contributed by atoms with Crippen molar-refractivity contribution in [1.82, 2.24) is 0 Å². The van der Waals surface area contributed by atoms with Gasteiger partial charge >= 0.3 is 11.9 Å². The molecule has 0 saturated heterocycles. The van der Waals surface area contributed by atoms with E-state index < -0.39 is 28.8 Å². The molecule has 0 amide bonds. The van der Waals surface area contributed by atoms with Gasteiger partial charge in [0, 0.05) is 24.1 Å². The lowest BCUT2D eigenvalue weighted by atomic mass is 9.94. The van der Waals surface area contributed by atoms with Crippen molar-refractivity contribution < 1.29 is 24.4 Å². The molecule has 0 aromatic heterocycles. The Kier molecular flexibility index (Phi) is 6.19. The molecule has 1 aliphatic rings. The number of carbonyl (C=O) groups is 2. The number of ether oxygens (including phenoxy) is 1. The molecule has 2 atom stereocenters. The molecule has 0 unspecified atom stereocenters. The summed E-state index contributed by atoms with van der Waals surface area (Å²) in [5.41, 5.74) is 10.8. The van der Waals surface area contributed by atoms with Crippen LogP contribution in [0.1, 0.15) is 22.6 Å². The molecule has 0 aliphatic heterocycles. The first-order chi connectivity index (χ1) is 15.9. The van der Waals surface area contributed by atoms with Crippen molar-refractivity contribution >= 4 is 17.6 Å². The van der Waals surface area contributed by atoms with Gasteiger partial charge in [0.1, 0.15) is 6.61 Å². The van der Waals surface area contributed by atoms with E-state index in [2.05, 4.69) is 0 Å². The Morgan fingerprint density at radius 1 is 0.970 bits per heavy atom. The Labute approximate surface area is 189 Å². The number of non-ortho nitro benzene ring substituents is 1. The van der Waals surface area contributed by atoms with Crippen LogP contribution < -0.4 is 5.73 Å². The van der Waals surface area contributed by atoms with Crippen molar-refractivity contribution in [2.75, 3.05) is 6.61 Å². The van der Waals surface area contributed by atoms with Crippen molar-refractivity contribution in [3.8, 4) is 11.1 Å². The number of carboxylic acids is 1. The number of nitro groups is 1. The predicted molar refractivity (Wildman–Crippen MR) is 121 cm³/mol. The second kappa shape index (κ2) is 9.22. The molecule has 0 spiro atoms. The highest BCUT2D eigenvalue weighted by Crippen LogP contribution is 2.44. The number of rotatable bonds is 8. The zero-order valence-corrected chi connectivity index (χ0v) is 17.6. The summed E-state index contributed by atoms with van der Waals surface area (Å²) in [6.45, 7) is 0.000885. The summed E-state index contributed by atoms with van der Waals surface area (Å²) in [7, 11) is 0. The van der Waals surface area contributed by atoms with E-state index in [0.29, 0.717) is 5.56 Å². The van der Waals surface area contributed by atoms with Gasteiger partial charge in [-0.3, -0.25) is 19.7 Å². The summed E-state index contributed by atoms with van der Waals surface area (Å²) in [5, 5.41) is 20.4. The molecular formula is C25H22N2O6. The third-order valence-electron chi connectivity index (χ3n) is 5.92. The fourth-order valence-electron chi connectivity index (χ4n) is 4.30. The van der Waals surface area contributed by atoms with Crippen molar-refractivity contribution in [3.63, 3.8) is 0 Å². The standard InChI is InChI=1S/C25H22N2O6/c26-22(13-15-9-11-16(12-10-15)27(31)32)23(24(28)29)25(30)33-14-21-19-7-3-1-5-17(19)18-6-2-4-8-20(18)21/h1-12,21-23H,13-14,26H2,(H,28,29)/t22-,23+/m1/s1. The van der Waals surface area contributed by atoms with Crippen molar-refractivity contribution in [2.24, 2.45) is 11.7 Å². The summed E-state index contributed by atoms with van der Waals surface area (Å²) in [6, 6.07) is 20.2. The highest BCUT2D eigenvalue weighted by Gasteiger charge is 2.36. The fourth-order valence-corrected chi connectivity index (χ4v) is 4.30. The molecule has 8 heteroatoms. The Morgan fingerprint density at radius 2 is 1.52 bits per heavy atom. The van der Waals surface area contributed by atoms with Crippen LogP contribution in [0.3, 0.4) is 0 Å². The monoisotopic (exact) mass is 446 g/mol. The first-order valence-electron chi connectivity index (χ1n) is 10.4. The second-order valence-electron chi connectivity index (χ2n) is 7.96. The molecule has 8 nitrogen and oxygen atoms in total. The first-order valence-corrected chi connectivity index (χ1v) is 10.4. The van der Waals surface area contributed by atoms with Gasteiger partial charge in [-0.15, -0.1) is 0 Å². The number of nitrogens with zero attached hydrogens (tertiary/aromatic N) is 1. The lowest BCUT2D eigenvalue weighted by molar-refractivity contribution is -0.384. The molecule has 33 heavy (non-hydrogen) atoms. The van der Waals surface area contributed by atoms with Gasteiger partial charge in [-0.2, -0.15) is 0 Å². The maximum atomic E-state index is 12.8. The maximum absolute atomic E-state index is 12.8. The van der Waals surface area contributed by atoms with Gasteiger partial charge in [-0.25, -0.2) is 0 Å². The van der Waals surface area contributed by atoms with Crippen molar-refractivity contribution in [2.45, 2.75) is 18.4 Å². The van der Waals surface area contributed by atoms with Gasteiger partial charge in [0.2, 0.25) is 0 Å². The van der Waals surface area contributed by atoms with E-state index in [1.54, 1.807) is 0 Å². The highest BCUT2D eigenvalue weighted by molar-refractivity contribution is 5.95. The lowest BCUT2D eigenvalue weighted by Crippen LogP contribution is -2.43. The zero-order chi connectivity index (χ0) is 23.5. The number of benzene rings is 3. The number of nitrogens with two attached hydrogens (primary N) is 1. The van der Waals surface area contributed by atoms with E-state index in [4.69, 9.17) is 10.5 Å².